The number of hydrogen-bond donors (Lipinski definition) is 3. The Balaban J connectivity index is 2.63. The van der Waals surface area contributed by atoms with Crippen molar-refractivity contribution < 1.29 is 14.6 Å². The summed E-state index contributed by atoms with van der Waals surface area (Å²) in [5.41, 5.74) is 1.09. The summed E-state index contributed by atoms with van der Waals surface area (Å²) in [6.07, 6.45) is 1.70. The Morgan fingerprint density at radius 3 is 2.61 bits per heavy atom. The minimum Gasteiger partial charge on any atom is -0.464 e. The summed E-state index contributed by atoms with van der Waals surface area (Å²) in [4.78, 5) is 14.3. The molecule has 0 amide bonds. The molecule has 0 aliphatic rings. The van der Waals surface area contributed by atoms with E-state index in [1.807, 2.05) is 19.9 Å². The normalized spacial score (nSPS) is 11.6. The molecule has 0 aliphatic heterocycles. The maximum atomic E-state index is 11.3. The van der Waals surface area contributed by atoms with E-state index in [2.05, 4.69) is 15.0 Å². The van der Waals surface area contributed by atoms with Crippen molar-refractivity contribution in [1.82, 2.24) is 10.3 Å². The van der Waals surface area contributed by atoms with E-state index in [4.69, 9.17) is 0 Å². The first kappa shape index (κ1) is 14.7. The minimum absolute atomic E-state index is 0.102. The molecule has 1 rings (SSSR count). The van der Waals surface area contributed by atoms with Gasteiger partial charge in [-0.2, -0.15) is 0 Å². The molecule has 5 heteroatoms. The van der Waals surface area contributed by atoms with Crippen LogP contribution in [0.1, 0.15) is 42.9 Å². The molecule has 0 aromatic carbocycles. The molecule has 0 aliphatic carbocycles. The lowest BCUT2D eigenvalue weighted by atomic mass is 9.94. The number of carbonyl (C=O) groups is 1. The molecule has 3 N–H and O–H groups in total. The molecule has 0 radical (unpaired) electrons. The smallest absolute Gasteiger partial charge is 0.354 e. The van der Waals surface area contributed by atoms with Gasteiger partial charge in [0.05, 0.1) is 13.7 Å². The van der Waals surface area contributed by atoms with E-state index in [9.17, 15) is 9.90 Å². The number of hydrogen-bond acceptors (Lipinski definition) is 4. The van der Waals surface area contributed by atoms with Crippen LogP contribution in [0.15, 0.2) is 12.1 Å². The Kier molecular flexibility index (Phi) is 5.37. The molecule has 0 saturated heterocycles. The second-order valence-electron chi connectivity index (χ2n) is 4.39. The van der Waals surface area contributed by atoms with Crippen molar-refractivity contribution in [1.29, 1.82) is 0 Å². The Morgan fingerprint density at radius 2 is 2.11 bits per heavy atom. The van der Waals surface area contributed by atoms with Crippen molar-refractivity contribution in [3.8, 4) is 0 Å². The predicted molar refractivity (Wildman–Crippen MR) is 69.4 cm³/mol. The van der Waals surface area contributed by atoms with Crippen molar-refractivity contribution in [3.05, 3.63) is 23.5 Å². The van der Waals surface area contributed by atoms with Gasteiger partial charge in [-0.05, 0) is 25.0 Å². The molecule has 0 bridgehead atoms. The van der Waals surface area contributed by atoms with Crippen LogP contribution in [-0.4, -0.2) is 35.3 Å². The number of H-pyrrole nitrogens is 1. The number of nitrogens with one attached hydrogen (secondary N) is 2. The molecular formula is C13H22N2O3. The molecular weight excluding hydrogens is 232 g/mol. The van der Waals surface area contributed by atoms with Crippen molar-refractivity contribution in [2.24, 2.45) is 0 Å². The average Bonchev–Trinajstić information content (AvgIpc) is 2.89. The van der Waals surface area contributed by atoms with Gasteiger partial charge in [0.25, 0.3) is 0 Å². The van der Waals surface area contributed by atoms with Gasteiger partial charge >= 0.3 is 5.97 Å². The van der Waals surface area contributed by atoms with Crippen LogP contribution in [0.2, 0.25) is 0 Å². The lowest BCUT2D eigenvalue weighted by molar-refractivity contribution is 0.0594. The summed E-state index contributed by atoms with van der Waals surface area (Å²) in [6.45, 7) is 4.77. The SMILES string of the molecule is CCC(CC)(CO)NCc1ccc(C(=O)OC)[nH]1. The summed E-state index contributed by atoms with van der Waals surface area (Å²) in [6, 6.07) is 3.54. The van der Waals surface area contributed by atoms with Gasteiger partial charge in [-0.3, -0.25) is 0 Å². The fourth-order valence-electron chi connectivity index (χ4n) is 1.83. The maximum Gasteiger partial charge on any atom is 0.354 e. The van der Waals surface area contributed by atoms with Gasteiger partial charge in [0, 0.05) is 17.8 Å². The molecule has 0 atom stereocenters. The summed E-state index contributed by atoms with van der Waals surface area (Å²) >= 11 is 0. The van der Waals surface area contributed by atoms with Gasteiger partial charge in [0.1, 0.15) is 5.69 Å². The second-order valence-corrected chi connectivity index (χ2v) is 4.39. The fraction of sp³-hybridized carbons (Fsp3) is 0.615. The van der Waals surface area contributed by atoms with Crippen molar-refractivity contribution in [2.75, 3.05) is 13.7 Å². The average molecular weight is 254 g/mol. The lowest BCUT2D eigenvalue weighted by Crippen LogP contribution is -2.47. The molecule has 0 fully saturated rings. The van der Waals surface area contributed by atoms with Crippen LogP contribution in [0, 0.1) is 0 Å². The molecule has 18 heavy (non-hydrogen) atoms. The zero-order valence-corrected chi connectivity index (χ0v) is 11.2. The maximum absolute atomic E-state index is 11.3. The zero-order chi connectivity index (χ0) is 13.6. The summed E-state index contributed by atoms with van der Waals surface area (Å²) in [5, 5.41) is 12.8. The lowest BCUT2D eigenvalue weighted by Gasteiger charge is -2.30. The number of aliphatic hydroxyl groups excluding tert-OH is 1. The number of rotatable bonds is 7. The first-order valence-corrected chi connectivity index (χ1v) is 6.23. The number of esters is 1. The van der Waals surface area contributed by atoms with Crippen LogP contribution in [0.25, 0.3) is 0 Å². The summed E-state index contributed by atoms with van der Waals surface area (Å²) < 4.78 is 4.63. The summed E-state index contributed by atoms with van der Waals surface area (Å²) in [5.74, 6) is -0.374. The van der Waals surface area contributed by atoms with Gasteiger partial charge in [-0.1, -0.05) is 13.8 Å². The van der Waals surface area contributed by atoms with Crippen LogP contribution in [0.5, 0.6) is 0 Å². The number of aromatic amines is 1. The predicted octanol–water partition coefficient (Wildman–Crippen LogP) is 1.44. The van der Waals surface area contributed by atoms with E-state index in [0.717, 1.165) is 18.5 Å². The zero-order valence-electron chi connectivity index (χ0n) is 11.2. The van der Waals surface area contributed by atoms with E-state index in [1.54, 1.807) is 6.07 Å². The topological polar surface area (TPSA) is 74.3 Å². The van der Waals surface area contributed by atoms with Crippen molar-refractivity contribution in [3.63, 3.8) is 0 Å². The van der Waals surface area contributed by atoms with Gasteiger partial charge in [-0.15, -0.1) is 0 Å². The first-order valence-electron chi connectivity index (χ1n) is 6.23. The molecule has 5 nitrogen and oxygen atoms in total. The third-order valence-corrected chi connectivity index (χ3v) is 3.46. The Labute approximate surface area is 108 Å². The van der Waals surface area contributed by atoms with Crippen LogP contribution in [0.4, 0.5) is 0 Å². The number of methoxy groups -OCH3 is 1. The minimum atomic E-state index is -0.374. The highest BCUT2D eigenvalue weighted by Gasteiger charge is 2.24. The molecule has 1 aromatic heterocycles. The van der Waals surface area contributed by atoms with Crippen molar-refractivity contribution >= 4 is 5.97 Å². The van der Waals surface area contributed by atoms with Gasteiger partial charge in [0.15, 0.2) is 0 Å². The third-order valence-electron chi connectivity index (χ3n) is 3.46. The highest BCUT2D eigenvalue weighted by molar-refractivity contribution is 5.87. The van der Waals surface area contributed by atoms with Gasteiger partial charge in [-0.25, -0.2) is 4.79 Å². The Morgan fingerprint density at radius 1 is 1.44 bits per heavy atom. The molecule has 0 unspecified atom stereocenters. The Bertz CT molecular complexity index is 375. The van der Waals surface area contributed by atoms with Gasteiger partial charge < -0.3 is 20.1 Å². The van der Waals surface area contributed by atoms with E-state index in [-0.39, 0.29) is 18.1 Å². The van der Waals surface area contributed by atoms with E-state index in [0.29, 0.717) is 12.2 Å². The first-order chi connectivity index (χ1) is 8.60. The highest BCUT2D eigenvalue weighted by Crippen LogP contribution is 2.15. The number of aromatic nitrogens is 1. The molecule has 1 heterocycles. The van der Waals surface area contributed by atoms with Crippen molar-refractivity contribution in [2.45, 2.75) is 38.8 Å². The largest absolute Gasteiger partial charge is 0.464 e. The van der Waals surface area contributed by atoms with Gasteiger partial charge in [0.2, 0.25) is 0 Å². The third kappa shape index (κ3) is 3.34. The second kappa shape index (κ2) is 6.56. The summed E-state index contributed by atoms with van der Waals surface area (Å²) in [7, 11) is 1.35. The van der Waals surface area contributed by atoms with Crippen LogP contribution in [-0.2, 0) is 11.3 Å². The van der Waals surface area contributed by atoms with E-state index in [1.165, 1.54) is 7.11 Å². The number of aliphatic hydroxyl groups is 1. The quantitative estimate of drug-likeness (QED) is 0.644. The number of ether oxygens (including phenoxy) is 1. The standard InChI is InChI=1S/C13H22N2O3/c1-4-13(5-2,9-16)14-8-10-6-7-11(15-10)12(17)18-3/h6-7,14-16H,4-5,8-9H2,1-3H3. The van der Waals surface area contributed by atoms with Crippen LogP contribution >= 0.6 is 0 Å². The molecule has 0 saturated carbocycles. The molecule has 102 valence electrons. The molecule has 1 aromatic rings. The highest BCUT2D eigenvalue weighted by atomic mass is 16.5. The fourth-order valence-corrected chi connectivity index (χ4v) is 1.83. The monoisotopic (exact) mass is 254 g/mol. The van der Waals surface area contributed by atoms with E-state index >= 15 is 0 Å². The van der Waals surface area contributed by atoms with Crippen LogP contribution < -0.4 is 5.32 Å². The molecule has 0 spiro atoms. The van der Waals surface area contributed by atoms with Crippen LogP contribution in [0.3, 0.4) is 0 Å². The Hall–Kier alpha value is -1.33. The number of carbonyl (C=O) groups excluding carboxylic acids is 1. The van der Waals surface area contributed by atoms with E-state index < -0.39 is 0 Å².